The minimum absolute atomic E-state index is 0.0764. The van der Waals surface area contributed by atoms with Crippen LogP contribution in [0.5, 0.6) is 0 Å². The smallest absolute Gasteiger partial charge is 0.0998 e. The molecule has 15 heavy (non-hydrogen) atoms. The first kappa shape index (κ1) is 11.4. The van der Waals surface area contributed by atoms with Crippen molar-refractivity contribution in [3.8, 4) is 0 Å². The SMILES string of the molecule is CC1(C)CC2(CCC(CN)O2)C(C)(C)O1. The lowest BCUT2D eigenvalue weighted by atomic mass is 9.80. The Morgan fingerprint density at radius 2 is 1.93 bits per heavy atom. The maximum atomic E-state index is 6.16. The fourth-order valence-corrected chi connectivity index (χ4v) is 3.29. The summed E-state index contributed by atoms with van der Waals surface area (Å²) in [7, 11) is 0. The molecule has 3 nitrogen and oxygen atoms in total. The molecule has 0 aromatic heterocycles. The molecule has 2 aliphatic rings. The number of nitrogens with two attached hydrogens (primary N) is 1. The Hall–Kier alpha value is -0.120. The van der Waals surface area contributed by atoms with E-state index < -0.39 is 0 Å². The Kier molecular flexibility index (Phi) is 2.42. The topological polar surface area (TPSA) is 44.5 Å². The Morgan fingerprint density at radius 1 is 1.27 bits per heavy atom. The first-order valence-electron chi connectivity index (χ1n) is 5.88. The van der Waals surface area contributed by atoms with Crippen molar-refractivity contribution >= 4 is 0 Å². The molecule has 2 atom stereocenters. The van der Waals surface area contributed by atoms with Gasteiger partial charge in [-0.15, -0.1) is 0 Å². The van der Waals surface area contributed by atoms with Gasteiger partial charge in [0.1, 0.15) is 0 Å². The number of hydrogen-bond acceptors (Lipinski definition) is 3. The molecule has 2 saturated heterocycles. The maximum Gasteiger partial charge on any atom is 0.0998 e. The van der Waals surface area contributed by atoms with Crippen molar-refractivity contribution in [3.05, 3.63) is 0 Å². The van der Waals surface area contributed by atoms with Crippen LogP contribution in [0, 0.1) is 0 Å². The molecule has 2 aliphatic heterocycles. The van der Waals surface area contributed by atoms with Crippen LogP contribution in [0.2, 0.25) is 0 Å². The molecule has 2 N–H and O–H groups in total. The lowest BCUT2D eigenvalue weighted by Gasteiger charge is -2.36. The first-order chi connectivity index (χ1) is 6.80. The molecular weight excluding hydrogens is 190 g/mol. The van der Waals surface area contributed by atoms with Crippen LogP contribution in [-0.2, 0) is 9.47 Å². The van der Waals surface area contributed by atoms with E-state index in [1.807, 2.05) is 0 Å². The number of rotatable bonds is 1. The van der Waals surface area contributed by atoms with E-state index in [0.717, 1.165) is 19.3 Å². The zero-order valence-corrected chi connectivity index (χ0v) is 10.3. The van der Waals surface area contributed by atoms with E-state index in [1.165, 1.54) is 0 Å². The van der Waals surface area contributed by atoms with Crippen LogP contribution >= 0.6 is 0 Å². The van der Waals surface area contributed by atoms with Crippen molar-refractivity contribution < 1.29 is 9.47 Å². The summed E-state index contributed by atoms with van der Waals surface area (Å²) in [6.45, 7) is 9.19. The van der Waals surface area contributed by atoms with Crippen LogP contribution in [-0.4, -0.2) is 29.5 Å². The van der Waals surface area contributed by atoms with Gasteiger partial charge in [-0.2, -0.15) is 0 Å². The molecule has 0 aromatic rings. The van der Waals surface area contributed by atoms with Gasteiger partial charge in [-0.25, -0.2) is 0 Å². The summed E-state index contributed by atoms with van der Waals surface area (Å²) >= 11 is 0. The Labute approximate surface area is 92.3 Å². The monoisotopic (exact) mass is 213 g/mol. The number of hydrogen-bond donors (Lipinski definition) is 1. The molecule has 0 aliphatic carbocycles. The van der Waals surface area contributed by atoms with Crippen molar-refractivity contribution in [2.45, 2.75) is 69.9 Å². The highest BCUT2D eigenvalue weighted by Crippen LogP contribution is 2.53. The van der Waals surface area contributed by atoms with Gasteiger partial charge in [0.25, 0.3) is 0 Å². The van der Waals surface area contributed by atoms with Gasteiger partial charge in [0.2, 0.25) is 0 Å². The molecule has 0 bridgehead atoms. The number of ether oxygens (including phenoxy) is 2. The van der Waals surface area contributed by atoms with Gasteiger partial charge in [0, 0.05) is 13.0 Å². The van der Waals surface area contributed by atoms with E-state index >= 15 is 0 Å². The van der Waals surface area contributed by atoms with Crippen LogP contribution in [0.15, 0.2) is 0 Å². The highest BCUT2D eigenvalue weighted by molar-refractivity contribution is 5.10. The summed E-state index contributed by atoms with van der Waals surface area (Å²) in [4.78, 5) is 0. The maximum absolute atomic E-state index is 6.16. The van der Waals surface area contributed by atoms with Crippen LogP contribution in [0.3, 0.4) is 0 Å². The van der Waals surface area contributed by atoms with Crippen LogP contribution in [0.1, 0.15) is 47.0 Å². The van der Waals surface area contributed by atoms with Gasteiger partial charge in [-0.1, -0.05) is 0 Å². The third-order valence-electron chi connectivity index (χ3n) is 3.87. The zero-order chi connectivity index (χ0) is 11.3. The summed E-state index contributed by atoms with van der Waals surface area (Å²) in [5.74, 6) is 0. The predicted molar refractivity (Wildman–Crippen MR) is 59.8 cm³/mol. The van der Waals surface area contributed by atoms with Gasteiger partial charge >= 0.3 is 0 Å². The lowest BCUT2D eigenvalue weighted by molar-refractivity contribution is -0.144. The molecule has 0 saturated carbocycles. The van der Waals surface area contributed by atoms with Crippen molar-refractivity contribution in [2.75, 3.05) is 6.54 Å². The average Bonchev–Trinajstić information content (AvgIpc) is 2.53. The van der Waals surface area contributed by atoms with Crippen molar-refractivity contribution in [2.24, 2.45) is 5.73 Å². The molecule has 1 spiro atoms. The van der Waals surface area contributed by atoms with Crippen LogP contribution in [0.4, 0.5) is 0 Å². The summed E-state index contributed by atoms with van der Waals surface area (Å²) in [5.41, 5.74) is 5.29. The first-order valence-corrected chi connectivity index (χ1v) is 5.88. The molecule has 0 amide bonds. The van der Waals surface area contributed by atoms with E-state index in [-0.39, 0.29) is 22.9 Å². The summed E-state index contributed by atoms with van der Waals surface area (Å²) < 4.78 is 12.3. The molecule has 0 aromatic carbocycles. The standard InChI is InChI=1S/C12H23NO2/c1-10(2)8-12(11(3,4)15-10)6-5-9(7-13)14-12/h9H,5-8,13H2,1-4H3. The second kappa shape index (κ2) is 3.19. The second-order valence-electron chi connectivity index (χ2n) is 6.06. The summed E-state index contributed by atoms with van der Waals surface area (Å²) in [6.07, 6.45) is 3.34. The van der Waals surface area contributed by atoms with E-state index in [9.17, 15) is 0 Å². The lowest BCUT2D eigenvalue weighted by Crippen LogP contribution is -2.46. The average molecular weight is 213 g/mol. The highest BCUT2D eigenvalue weighted by atomic mass is 16.6. The molecule has 2 heterocycles. The van der Waals surface area contributed by atoms with E-state index in [4.69, 9.17) is 15.2 Å². The van der Waals surface area contributed by atoms with Gasteiger partial charge < -0.3 is 15.2 Å². The van der Waals surface area contributed by atoms with Crippen LogP contribution < -0.4 is 5.73 Å². The Morgan fingerprint density at radius 3 is 2.33 bits per heavy atom. The summed E-state index contributed by atoms with van der Waals surface area (Å²) in [6, 6.07) is 0. The largest absolute Gasteiger partial charge is 0.367 e. The fraction of sp³-hybridized carbons (Fsp3) is 1.00. The Balaban J connectivity index is 2.22. The second-order valence-corrected chi connectivity index (χ2v) is 6.06. The van der Waals surface area contributed by atoms with E-state index in [2.05, 4.69) is 27.7 Å². The summed E-state index contributed by atoms with van der Waals surface area (Å²) in [5, 5.41) is 0. The normalized spacial score (nSPS) is 42.6. The molecule has 3 heteroatoms. The fourth-order valence-electron chi connectivity index (χ4n) is 3.29. The molecule has 88 valence electrons. The van der Waals surface area contributed by atoms with Gasteiger partial charge in [-0.05, 0) is 40.5 Å². The van der Waals surface area contributed by atoms with Crippen LogP contribution in [0.25, 0.3) is 0 Å². The quantitative estimate of drug-likeness (QED) is 0.723. The minimum atomic E-state index is -0.194. The van der Waals surface area contributed by atoms with E-state index in [1.54, 1.807) is 0 Å². The highest BCUT2D eigenvalue weighted by Gasteiger charge is 2.60. The van der Waals surface area contributed by atoms with Gasteiger partial charge in [0.05, 0.1) is 22.9 Å². The zero-order valence-electron chi connectivity index (χ0n) is 10.3. The van der Waals surface area contributed by atoms with Crippen molar-refractivity contribution in [1.82, 2.24) is 0 Å². The molecule has 2 fully saturated rings. The molecule has 2 rings (SSSR count). The third-order valence-corrected chi connectivity index (χ3v) is 3.87. The van der Waals surface area contributed by atoms with E-state index in [0.29, 0.717) is 6.54 Å². The van der Waals surface area contributed by atoms with Crippen molar-refractivity contribution in [3.63, 3.8) is 0 Å². The minimum Gasteiger partial charge on any atom is -0.367 e. The predicted octanol–water partition coefficient (Wildman–Crippen LogP) is 1.84. The molecular formula is C12H23NO2. The third kappa shape index (κ3) is 1.71. The van der Waals surface area contributed by atoms with Gasteiger partial charge in [0.15, 0.2) is 0 Å². The molecule has 0 radical (unpaired) electrons. The Bertz CT molecular complexity index is 262. The van der Waals surface area contributed by atoms with Crippen molar-refractivity contribution in [1.29, 1.82) is 0 Å². The molecule has 2 unspecified atom stereocenters. The van der Waals surface area contributed by atoms with Gasteiger partial charge in [-0.3, -0.25) is 0 Å².